The van der Waals surface area contributed by atoms with Crippen LogP contribution in [0, 0.1) is 0 Å². The van der Waals surface area contributed by atoms with Crippen molar-refractivity contribution in [2.24, 2.45) is 0 Å². The molecule has 0 bridgehead atoms. The molecule has 0 aliphatic carbocycles. The van der Waals surface area contributed by atoms with Crippen molar-refractivity contribution >= 4 is 11.8 Å². The average Bonchev–Trinajstić information content (AvgIpc) is 2.47. The van der Waals surface area contributed by atoms with Gasteiger partial charge in [-0.05, 0) is 12.8 Å². The van der Waals surface area contributed by atoms with Crippen LogP contribution in [-0.2, 0) is 9.53 Å². The lowest BCUT2D eigenvalue weighted by molar-refractivity contribution is -0.147. The van der Waals surface area contributed by atoms with E-state index in [1.807, 2.05) is 25.1 Å². The highest BCUT2D eigenvalue weighted by Crippen LogP contribution is 2.13. The van der Waals surface area contributed by atoms with E-state index in [1.54, 1.807) is 12.1 Å². The minimum atomic E-state index is -0.642. The number of Topliss-reactive ketones (excluding diaryl/α,β-unsaturated/α-hetero) is 1. The summed E-state index contributed by atoms with van der Waals surface area (Å²) in [4.78, 5) is 24.1. The number of ketones is 1. The molecule has 1 unspecified atom stereocenters. The molecule has 3 heteroatoms. The second kappa shape index (κ2) is 9.29. The summed E-state index contributed by atoms with van der Waals surface area (Å²) in [5, 5.41) is 0. The Morgan fingerprint density at radius 1 is 1.05 bits per heavy atom. The number of carbonyl (C=O) groups excluding carboxylic acids is 2. The first-order chi connectivity index (χ1) is 9.69. The molecule has 0 aliphatic rings. The Labute approximate surface area is 121 Å². The summed E-state index contributed by atoms with van der Waals surface area (Å²) in [6, 6.07) is 9.02. The van der Waals surface area contributed by atoms with Crippen molar-refractivity contribution < 1.29 is 14.3 Å². The predicted molar refractivity (Wildman–Crippen MR) is 79.7 cm³/mol. The molecule has 1 aromatic carbocycles. The highest BCUT2D eigenvalue weighted by atomic mass is 16.5. The molecule has 0 aromatic heterocycles. The highest BCUT2D eigenvalue weighted by Gasteiger charge is 2.22. The Morgan fingerprint density at radius 3 is 2.35 bits per heavy atom. The zero-order valence-electron chi connectivity index (χ0n) is 12.4. The summed E-state index contributed by atoms with van der Waals surface area (Å²) in [5.74, 6) is -0.363. The smallest absolute Gasteiger partial charge is 0.306 e. The van der Waals surface area contributed by atoms with Crippen LogP contribution in [-0.4, -0.2) is 17.9 Å². The first-order valence-corrected chi connectivity index (χ1v) is 7.47. The van der Waals surface area contributed by atoms with Crippen LogP contribution in [0.15, 0.2) is 30.3 Å². The van der Waals surface area contributed by atoms with Crippen molar-refractivity contribution in [1.82, 2.24) is 0 Å². The van der Waals surface area contributed by atoms with E-state index in [9.17, 15) is 9.59 Å². The third kappa shape index (κ3) is 5.55. The van der Waals surface area contributed by atoms with Gasteiger partial charge in [0.2, 0.25) is 5.78 Å². The summed E-state index contributed by atoms with van der Waals surface area (Å²) in [6.45, 7) is 4.07. The number of esters is 1. The Balaban J connectivity index is 2.60. The summed E-state index contributed by atoms with van der Waals surface area (Å²) in [7, 11) is 0. The van der Waals surface area contributed by atoms with Crippen LogP contribution in [0.1, 0.15) is 62.7 Å². The molecule has 1 rings (SSSR count). The van der Waals surface area contributed by atoms with Gasteiger partial charge < -0.3 is 4.74 Å². The van der Waals surface area contributed by atoms with E-state index in [0.29, 0.717) is 18.4 Å². The van der Waals surface area contributed by atoms with Gasteiger partial charge in [-0.25, -0.2) is 0 Å². The maximum Gasteiger partial charge on any atom is 0.306 e. The van der Waals surface area contributed by atoms with E-state index in [4.69, 9.17) is 4.74 Å². The van der Waals surface area contributed by atoms with Gasteiger partial charge in [0.1, 0.15) is 0 Å². The molecule has 3 nitrogen and oxygen atoms in total. The molecular formula is C17H24O3. The fourth-order valence-electron chi connectivity index (χ4n) is 2.03. The van der Waals surface area contributed by atoms with Crippen LogP contribution in [0.2, 0.25) is 0 Å². The first kappa shape index (κ1) is 16.4. The van der Waals surface area contributed by atoms with Crippen LogP contribution >= 0.6 is 0 Å². The Bertz CT molecular complexity index is 412. The lowest BCUT2D eigenvalue weighted by Gasteiger charge is -2.16. The zero-order valence-corrected chi connectivity index (χ0v) is 12.4. The molecule has 0 aliphatic heterocycles. The SMILES string of the molecule is CCCCCC(=O)OC(CCC)C(=O)c1ccccc1. The summed E-state index contributed by atoms with van der Waals surface area (Å²) in [6.07, 6.45) is 4.05. The monoisotopic (exact) mass is 276 g/mol. The molecule has 0 N–H and O–H groups in total. The number of unbranched alkanes of at least 4 members (excludes halogenated alkanes) is 2. The fourth-order valence-corrected chi connectivity index (χ4v) is 2.03. The first-order valence-electron chi connectivity index (χ1n) is 7.47. The molecule has 0 saturated carbocycles. The van der Waals surface area contributed by atoms with Crippen molar-refractivity contribution in [3.63, 3.8) is 0 Å². The molecule has 0 heterocycles. The molecule has 1 atom stereocenters. The number of carbonyl (C=O) groups is 2. The van der Waals surface area contributed by atoms with Gasteiger partial charge in [-0.15, -0.1) is 0 Å². The number of hydrogen-bond donors (Lipinski definition) is 0. The second-order valence-electron chi connectivity index (χ2n) is 4.95. The van der Waals surface area contributed by atoms with Gasteiger partial charge in [0.15, 0.2) is 6.10 Å². The molecule has 0 amide bonds. The average molecular weight is 276 g/mol. The van der Waals surface area contributed by atoms with E-state index in [-0.39, 0.29) is 11.8 Å². The van der Waals surface area contributed by atoms with E-state index < -0.39 is 6.10 Å². The largest absolute Gasteiger partial charge is 0.454 e. The molecule has 0 saturated heterocycles. The Kier molecular flexibility index (Phi) is 7.63. The van der Waals surface area contributed by atoms with Crippen molar-refractivity contribution in [2.45, 2.75) is 58.5 Å². The van der Waals surface area contributed by atoms with Crippen molar-refractivity contribution in [2.75, 3.05) is 0 Å². The number of hydrogen-bond acceptors (Lipinski definition) is 3. The Morgan fingerprint density at radius 2 is 1.75 bits per heavy atom. The van der Waals surface area contributed by atoms with E-state index in [2.05, 4.69) is 6.92 Å². The van der Waals surface area contributed by atoms with Crippen molar-refractivity contribution in [1.29, 1.82) is 0 Å². The normalized spacial score (nSPS) is 11.9. The minimum absolute atomic E-state index is 0.101. The molecule has 0 spiro atoms. The third-order valence-corrected chi connectivity index (χ3v) is 3.16. The summed E-state index contributed by atoms with van der Waals surface area (Å²) < 4.78 is 5.37. The maximum absolute atomic E-state index is 12.3. The van der Waals surface area contributed by atoms with Gasteiger partial charge in [-0.1, -0.05) is 63.4 Å². The number of rotatable bonds is 9. The van der Waals surface area contributed by atoms with Gasteiger partial charge in [-0.2, -0.15) is 0 Å². The summed E-state index contributed by atoms with van der Waals surface area (Å²) >= 11 is 0. The van der Waals surface area contributed by atoms with Crippen LogP contribution in [0.3, 0.4) is 0 Å². The minimum Gasteiger partial charge on any atom is -0.454 e. The standard InChI is InChI=1S/C17H24O3/c1-3-5-7-13-16(18)20-15(10-4-2)17(19)14-11-8-6-9-12-14/h6,8-9,11-12,15H,3-5,7,10,13H2,1-2H3. The third-order valence-electron chi connectivity index (χ3n) is 3.16. The second-order valence-corrected chi connectivity index (χ2v) is 4.95. The van der Waals surface area contributed by atoms with Crippen LogP contribution < -0.4 is 0 Å². The van der Waals surface area contributed by atoms with Gasteiger partial charge in [-0.3, -0.25) is 9.59 Å². The molecular weight excluding hydrogens is 252 g/mol. The number of benzene rings is 1. The van der Waals surface area contributed by atoms with Crippen molar-refractivity contribution in [3.05, 3.63) is 35.9 Å². The highest BCUT2D eigenvalue weighted by molar-refractivity contribution is 6.00. The van der Waals surface area contributed by atoms with E-state index in [1.165, 1.54) is 0 Å². The van der Waals surface area contributed by atoms with Crippen LogP contribution in [0.5, 0.6) is 0 Å². The molecule has 110 valence electrons. The number of ether oxygens (including phenoxy) is 1. The Hall–Kier alpha value is -1.64. The zero-order chi connectivity index (χ0) is 14.8. The molecule has 1 aromatic rings. The van der Waals surface area contributed by atoms with Gasteiger partial charge >= 0.3 is 5.97 Å². The topological polar surface area (TPSA) is 43.4 Å². The predicted octanol–water partition coefficient (Wildman–Crippen LogP) is 4.16. The van der Waals surface area contributed by atoms with Crippen LogP contribution in [0.25, 0.3) is 0 Å². The van der Waals surface area contributed by atoms with E-state index in [0.717, 1.165) is 25.7 Å². The fraction of sp³-hybridized carbons (Fsp3) is 0.529. The van der Waals surface area contributed by atoms with Gasteiger partial charge in [0, 0.05) is 12.0 Å². The van der Waals surface area contributed by atoms with Gasteiger partial charge in [0.25, 0.3) is 0 Å². The van der Waals surface area contributed by atoms with Gasteiger partial charge in [0.05, 0.1) is 0 Å². The molecule has 0 fully saturated rings. The summed E-state index contributed by atoms with van der Waals surface area (Å²) in [5.41, 5.74) is 0.604. The molecule has 0 radical (unpaired) electrons. The lowest BCUT2D eigenvalue weighted by Crippen LogP contribution is -2.27. The van der Waals surface area contributed by atoms with Crippen LogP contribution in [0.4, 0.5) is 0 Å². The molecule has 20 heavy (non-hydrogen) atoms. The quantitative estimate of drug-likeness (QED) is 0.386. The van der Waals surface area contributed by atoms with E-state index >= 15 is 0 Å². The maximum atomic E-state index is 12.3. The van der Waals surface area contributed by atoms with Crippen molar-refractivity contribution in [3.8, 4) is 0 Å². The lowest BCUT2D eigenvalue weighted by atomic mass is 10.0.